The van der Waals surface area contributed by atoms with Gasteiger partial charge in [0.25, 0.3) is 0 Å². The van der Waals surface area contributed by atoms with Crippen molar-refractivity contribution in [1.82, 2.24) is 10.3 Å². The molecule has 3 nitrogen and oxygen atoms in total. The number of halogens is 1. The van der Waals surface area contributed by atoms with Crippen LogP contribution < -0.4 is 5.32 Å². The predicted molar refractivity (Wildman–Crippen MR) is 59.4 cm³/mol. The molecule has 0 amide bonds. The number of rotatable bonds is 3. The van der Waals surface area contributed by atoms with Crippen LogP contribution in [0.1, 0.15) is 11.5 Å². The number of nitrogens with one attached hydrogen (secondary N) is 1. The highest BCUT2D eigenvalue weighted by Gasteiger charge is 2.08. The van der Waals surface area contributed by atoms with Crippen molar-refractivity contribution in [3.8, 4) is 11.3 Å². The van der Waals surface area contributed by atoms with Crippen molar-refractivity contribution in [2.24, 2.45) is 0 Å². The maximum atomic E-state index is 12.9. The number of hydrogen-bond donors (Lipinski definition) is 1. The van der Waals surface area contributed by atoms with Crippen molar-refractivity contribution >= 4 is 0 Å². The third kappa shape index (κ3) is 2.12. The quantitative estimate of drug-likeness (QED) is 0.863. The summed E-state index contributed by atoms with van der Waals surface area (Å²) in [6.07, 6.45) is 1.66. The van der Waals surface area contributed by atoms with Crippen molar-refractivity contribution in [3.05, 3.63) is 41.7 Å². The van der Waals surface area contributed by atoms with Gasteiger partial charge in [-0.2, -0.15) is 0 Å². The Bertz CT molecular complexity index is 494. The molecule has 16 heavy (non-hydrogen) atoms. The van der Waals surface area contributed by atoms with Crippen LogP contribution in [-0.4, -0.2) is 12.0 Å². The van der Waals surface area contributed by atoms with E-state index in [4.69, 9.17) is 4.42 Å². The summed E-state index contributed by atoms with van der Waals surface area (Å²) in [5.41, 5.74) is 1.71. The number of oxazole rings is 1. The molecule has 2 rings (SSSR count). The highest BCUT2D eigenvalue weighted by molar-refractivity contribution is 5.60. The van der Waals surface area contributed by atoms with Crippen LogP contribution in [0.3, 0.4) is 0 Å². The Hall–Kier alpha value is -1.68. The molecule has 0 atom stereocenters. The molecular weight excluding hydrogens is 207 g/mol. The zero-order valence-corrected chi connectivity index (χ0v) is 9.25. The van der Waals surface area contributed by atoms with Crippen LogP contribution in [0.15, 0.2) is 28.8 Å². The van der Waals surface area contributed by atoms with Crippen molar-refractivity contribution in [2.75, 3.05) is 7.05 Å². The first-order chi connectivity index (χ1) is 7.70. The lowest BCUT2D eigenvalue weighted by molar-refractivity contribution is 0.490. The van der Waals surface area contributed by atoms with Gasteiger partial charge in [-0.3, -0.25) is 0 Å². The number of aryl methyl sites for hydroxylation is 1. The van der Waals surface area contributed by atoms with E-state index in [2.05, 4.69) is 10.3 Å². The fourth-order valence-corrected chi connectivity index (χ4v) is 1.57. The van der Waals surface area contributed by atoms with Crippen LogP contribution in [-0.2, 0) is 6.54 Å². The monoisotopic (exact) mass is 220 g/mol. The average Bonchev–Trinajstić information content (AvgIpc) is 2.67. The van der Waals surface area contributed by atoms with Crippen molar-refractivity contribution < 1.29 is 8.81 Å². The predicted octanol–water partition coefficient (Wildman–Crippen LogP) is 2.51. The van der Waals surface area contributed by atoms with Gasteiger partial charge < -0.3 is 9.73 Å². The van der Waals surface area contributed by atoms with Gasteiger partial charge in [-0.15, -0.1) is 0 Å². The smallest absolute Gasteiger partial charge is 0.208 e. The molecule has 0 aliphatic rings. The van der Waals surface area contributed by atoms with Gasteiger partial charge in [0.2, 0.25) is 5.89 Å². The molecule has 0 aliphatic carbocycles. The Kier molecular flexibility index (Phi) is 3.01. The minimum Gasteiger partial charge on any atom is -0.439 e. The molecule has 0 fully saturated rings. The molecule has 1 heterocycles. The summed E-state index contributed by atoms with van der Waals surface area (Å²) in [6, 6.07) is 4.60. The van der Waals surface area contributed by atoms with E-state index in [0.717, 1.165) is 11.1 Å². The van der Waals surface area contributed by atoms with Crippen LogP contribution in [0.25, 0.3) is 11.3 Å². The number of aromatic nitrogens is 1. The van der Waals surface area contributed by atoms with Gasteiger partial charge >= 0.3 is 0 Å². The molecule has 4 heteroatoms. The van der Waals surface area contributed by atoms with E-state index in [0.29, 0.717) is 18.2 Å². The second kappa shape index (κ2) is 4.45. The van der Waals surface area contributed by atoms with Crippen LogP contribution in [0.5, 0.6) is 0 Å². The van der Waals surface area contributed by atoms with Gasteiger partial charge in [-0.25, -0.2) is 9.37 Å². The second-order valence-corrected chi connectivity index (χ2v) is 3.61. The highest BCUT2D eigenvalue weighted by Crippen LogP contribution is 2.24. The van der Waals surface area contributed by atoms with Crippen molar-refractivity contribution in [2.45, 2.75) is 13.5 Å². The molecule has 0 bridgehead atoms. The first kappa shape index (κ1) is 10.8. The lowest BCUT2D eigenvalue weighted by Crippen LogP contribution is -2.04. The Morgan fingerprint density at radius 3 is 2.94 bits per heavy atom. The Morgan fingerprint density at radius 1 is 1.44 bits per heavy atom. The average molecular weight is 220 g/mol. The molecule has 0 saturated carbocycles. The van der Waals surface area contributed by atoms with Crippen LogP contribution >= 0.6 is 0 Å². The maximum Gasteiger partial charge on any atom is 0.208 e. The Balaban J connectivity index is 2.35. The molecular formula is C12H13FN2O. The molecule has 0 radical (unpaired) electrons. The summed E-state index contributed by atoms with van der Waals surface area (Å²) < 4.78 is 18.5. The van der Waals surface area contributed by atoms with Gasteiger partial charge in [-0.05, 0) is 37.7 Å². The van der Waals surface area contributed by atoms with Gasteiger partial charge in [0.15, 0.2) is 5.76 Å². The Labute approximate surface area is 93.3 Å². The van der Waals surface area contributed by atoms with E-state index < -0.39 is 0 Å². The Morgan fingerprint density at radius 2 is 2.25 bits per heavy atom. The number of benzene rings is 1. The molecule has 0 aliphatic heterocycles. The lowest BCUT2D eigenvalue weighted by Gasteiger charge is -2.01. The molecule has 2 aromatic rings. The van der Waals surface area contributed by atoms with Crippen molar-refractivity contribution in [3.63, 3.8) is 0 Å². The van der Waals surface area contributed by atoms with Crippen molar-refractivity contribution in [1.29, 1.82) is 0 Å². The first-order valence-electron chi connectivity index (χ1n) is 5.06. The number of nitrogens with zero attached hydrogens (tertiary/aromatic N) is 1. The van der Waals surface area contributed by atoms with E-state index in [1.54, 1.807) is 12.3 Å². The fraction of sp³-hybridized carbons (Fsp3) is 0.250. The summed E-state index contributed by atoms with van der Waals surface area (Å²) in [6.45, 7) is 2.43. The van der Waals surface area contributed by atoms with Crippen LogP contribution in [0.4, 0.5) is 4.39 Å². The molecule has 0 spiro atoms. The van der Waals surface area contributed by atoms with E-state index in [1.807, 2.05) is 14.0 Å². The van der Waals surface area contributed by atoms with Gasteiger partial charge in [-0.1, -0.05) is 0 Å². The fourth-order valence-electron chi connectivity index (χ4n) is 1.57. The van der Waals surface area contributed by atoms with Gasteiger partial charge in [0, 0.05) is 5.56 Å². The summed E-state index contributed by atoms with van der Waals surface area (Å²) in [5.74, 6) is 1.06. The lowest BCUT2D eigenvalue weighted by atomic mass is 10.1. The molecule has 0 unspecified atom stereocenters. The van der Waals surface area contributed by atoms with E-state index in [9.17, 15) is 4.39 Å². The molecule has 84 valence electrons. The molecule has 1 aromatic heterocycles. The standard InChI is InChI=1S/C12H13FN2O/c1-8-5-9(13)3-4-10(8)11-6-15-12(16-11)7-14-2/h3-6,14H,7H2,1-2H3. The zero-order valence-electron chi connectivity index (χ0n) is 9.25. The topological polar surface area (TPSA) is 38.1 Å². The zero-order chi connectivity index (χ0) is 11.5. The molecule has 0 saturated heterocycles. The summed E-state index contributed by atoms with van der Waals surface area (Å²) in [7, 11) is 1.83. The number of hydrogen-bond acceptors (Lipinski definition) is 3. The summed E-state index contributed by atoms with van der Waals surface area (Å²) >= 11 is 0. The summed E-state index contributed by atoms with van der Waals surface area (Å²) in [4.78, 5) is 4.12. The third-order valence-electron chi connectivity index (χ3n) is 2.34. The SMILES string of the molecule is CNCc1ncc(-c2ccc(F)cc2C)o1. The maximum absolute atomic E-state index is 12.9. The van der Waals surface area contributed by atoms with Crippen LogP contribution in [0.2, 0.25) is 0 Å². The minimum atomic E-state index is -0.240. The van der Waals surface area contributed by atoms with Gasteiger partial charge in [0.05, 0.1) is 12.7 Å². The van der Waals surface area contributed by atoms with E-state index in [1.165, 1.54) is 12.1 Å². The van der Waals surface area contributed by atoms with Gasteiger partial charge in [0.1, 0.15) is 5.82 Å². The molecule has 1 N–H and O–H groups in total. The molecule has 1 aromatic carbocycles. The summed E-state index contributed by atoms with van der Waals surface area (Å²) in [5, 5.41) is 2.96. The largest absolute Gasteiger partial charge is 0.439 e. The third-order valence-corrected chi connectivity index (χ3v) is 2.34. The van der Waals surface area contributed by atoms with E-state index >= 15 is 0 Å². The normalized spacial score (nSPS) is 10.7. The second-order valence-electron chi connectivity index (χ2n) is 3.61. The van der Waals surface area contributed by atoms with Crippen LogP contribution in [0, 0.1) is 12.7 Å². The highest BCUT2D eigenvalue weighted by atomic mass is 19.1. The van der Waals surface area contributed by atoms with E-state index in [-0.39, 0.29) is 5.82 Å². The first-order valence-corrected chi connectivity index (χ1v) is 5.06. The minimum absolute atomic E-state index is 0.240.